The number of para-hydroxylation sites is 2. The van der Waals surface area contributed by atoms with E-state index in [1.807, 2.05) is 110 Å². The first-order valence-electron chi connectivity index (χ1n) is 12.1. The maximum absolute atomic E-state index is 6.46. The standard InChI is InChI=1S/C12H10O.C10H9NO.C9H7NO.Al/c13-12-8-6-11(7-9-12)10-4-2-1-3-5-10;1-7-5-6-8-3-2-4-9(12)10(8)11-7;11-8-5-1-3-7-4-2-6-10-9(7)8;/h1-9,13H;2-6,12H,1H3;1-6,11H;/q;;;+3/p-3. The van der Waals surface area contributed by atoms with Gasteiger partial charge in [0, 0.05) is 22.7 Å². The Morgan fingerprint density at radius 1 is 0.541 bits per heavy atom. The van der Waals surface area contributed by atoms with Gasteiger partial charge >= 0.3 is 15.1 Å². The van der Waals surface area contributed by atoms with Crippen LogP contribution in [0.2, 0.25) is 0 Å². The van der Waals surface area contributed by atoms with Gasteiger partial charge in [-0.15, -0.1) is 0 Å². The average Bonchev–Trinajstić information content (AvgIpc) is 2.94. The molecule has 0 N–H and O–H groups in total. The van der Waals surface area contributed by atoms with Crippen molar-refractivity contribution in [2.45, 2.75) is 6.92 Å². The lowest BCUT2D eigenvalue weighted by molar-refractivity contribution is 0.310. The Bertz CT molecular complexity index is 1670. The Morgan fingerprint density at radius 2 is 1.19 bits per heavy atom. The summed E-state index contributed by atoms with van der Waals surface area (Å²) in [7, 11) is 0. The zero-order chi connectivity index (χ0) is 25.0. The fourth-order valence-electron chi connectivity index (χ4n) is 4.23. The van der Waals surface area contributed by atoms with Crippen molar-refractivity contribution in [1.29, 1.82) is 0 Å². The van der Waals surface area contributed by atoms with Gasteiger partial charge in [0.2, 0.25) is 0 Å². The molecule has 0 unspecified atom stereocenters. The molecule has 0 saturated heterocycles. The molecule has 0 aliphatic rings. The molecule has 2 heterocycles. The monoisotopic (exact) mass is 498 g/mol. The Kier molecular flexibility index (Phi) is 6.43. The van der Waals surface area contributed by atoms with E-state index in [2.05, 4.69) is 17.1 Å². The van der Waals surface area contributed by atoms with Gasteiger partial charge in [0.15, 0.2) is 0 Å². The number of aryl methyl sites for hydroxylation is 1. The SMILES string of the molecule is Cc1ccc2cccc([O][Al]([O]c3ccc(-c4ccccc4)cc3)[O]c3cccc4cccnc34)c2n1. The van der Waals surface area contributed by atoms with E-state index in [4.69, 9.17) is 16.3 Å². The number of aromatic nitrogens is 2. The summed E-state index contributed by atoms with van der Waals surface area (Å²) in [4.78, 5) is 9.24. The van der Waals surface area contributed by atoms with Crippen LogP contribution >= 0.6 is 0 Å². The van der Waals surface area contributed by atoms with E-state index in [0.29, 0.717) is 17.2 Å². The predicted molar refractivity (Wildman–Crippen MR) is 148 cm³/mol. The van der Waals surface area contributed by atoms with Crippen LogP contribution in [0.25, 0.3) is 32.9 Å². The van der Waals surface area contributed by atoms with Crippen molar-refractivity contribution < 1.29 is 11.4 Å². The zero-order valence-electron chi connectivity index (χ0n) is 20.2. The molecule has 6 aromatic rings. The number of fused-ring (bicyclic) bond motifs is 2. The maximum Gasteiger partial charge on any atom is 1.20 e. The molecule has 6 rings (SSSR count). The van der Waals surface area contributed by atoms with Crippen LogP contribution in [0.4, 0.5) is 0 Å². The molecular formula is C31H23AlN2O3. The highest BCUT2D eigenvalue weighted by atomic mass is 27.3. The fourth-order valence-corrected chi connectivity index (χ4v) is 5.55. The van der Waals surface area contributed by atoms with Crippen LogP contribution in [0.5, 0.6) is 17.2 Å². The van der Waals surface area contributed by atoms with Crippen molar-refractivity contribution in [3.63, 3.8) is 0 Å². The van der Waals surface area contributed by atoms with E-state index in [1.54, 1.807) is 6.20 Å². The average molecular weight is 499 g/mol. The van der Waals surface area contributed by atoms with Gasteiger partial charge in [-0.25, -0.2) is 4.98 Å². The lowest BCUT2D eigenvalue weighted by atomic mass is 10.1. The third-order valence-corrected chi connectivity index (χ3v) is 7.42. The van der Waals surface area contributed by atoms with Crippen molar-refractivity contribution in [3.8, 4) is 28.4 Å². The molecule has 5 nitrogen and oxygen atoms in total. The smallest absolute Gasteiger partial charge is 0.577 e. The van der Waals surface area contributed by atoms with Gasteiger partial charge in [0.25, 0.3) is 0 Å². The van der Waals surface area contributed by atoms with Crippen LogP contribution in [-0.2, 0) is 0 Å². The minimum atomic E-state index is -2.81. The van der Waals surface area contributed by atoms with Crippen molar-refractivity contribution >= 4 is 37.0 Å². The molecule has 4 aromatic carbocycles. The molecule has 0 aliphatic carbocycles. The molecule has 0 fully saturated rings. The molecule has 0 bridgehead atoms. The Morgan fingerprint density at radius 3 is 1.95 bits per heavy atom. The molecule has 178 valence electrons. The van der Waals surface area contributed by atoms with E-state index < -0.39 is 15.1 Å². The molecule has 2 aromatic heterocycles. The van der Waals surface area contributed by atoms with Crippen LogP contribution in [-0.4, -0.2) is 25.1 Å². The molecule has 0 aliphatic heterocycles. The molecule has 0 spiro atoms. The maximum atomic E-state index is 6.46. The van der Waals surface area contributed by atoms with Crippen LogP contribution in [0.1, 0.15) is 5.69 Å². The first kappa shape index (κ1) is 23.1. The number of rotatable bonds is 7. The number of nitrogens with zero attached hydrogens (tertiary/aromatic N) is 2. The van der Waals surface area contributed by atoms with E-state index in [1.165, 1.54) is 0 Å². The summed E-state index contributed by atoms with van der Waals surface area (Å²) in [6.07, 6.45) is 1.76. The van der Waals surface area contributed by atoms with Gasteiger partial charge in [-0.1, -0.05) is 78.9 Å². The number of pyridine rings is 2. The normalized spacial score (nSPS) is 10.8. The van der Waals surface area contributed by atoms with Gasteiger partial charge < -0.3 is 11.4 Å². The van der Waals surface area contributed by atoms with E-state index >= 15 is 0 Å². The summed E-state index contributed by atoms with van der Waals surface area (Å²) in [5.41, 5.74) is 4.72. The highest BCUT2D eigenvalue weighted by molar-refractivity contribution is 6.40. The summed E-state index contributed by atoms with van der Waals surface area (Å²) >= 11 is -2.81. The molecular weight excluding hydrogens is 475 g/mol. The Labute approximate surface area is 220 Å². The second kappa shape index (κ2) is 10.3. The lowest BCUT2D eigenvalue weighted by Crippen LogP contribution is -2.37. The summed E-state index contributed by atoms with van der Waals surface area (Å²) in [6, 6.07) is 37.9. The molecule has 0 saturated carbocycles. The van der Waals surface area contributed by atoms with Gasteiger partial charge in [-0.2, -0.15) is 0 Å². The van der Waals surface area contributed by atoms with Crippen LogP contribution in [0, 0.1) is 6.92 Å². The van der Waals surface area contributed by atoms with Crippen molar-refractivity contribution in [2.24, 2.45) is 0 Å². The molecule has 0 atom stereocenters. The van der Waals surface area contributed by atoms with Gasteiger partial charge in [-0.05, 0) is 54.4 Å². The first-order chi connectivity index (χ1) is 18.2. The molecule has 0 radical (unpaired) electrons. The molecule has 6 heteroatoms. The van der Waals surface area contributed by atoms with E-state index in [0.717, 1.165) is 38.6 Å². The van der Waals surface area contributed by atoms with E-state index in [9.17, 15) is 0 Å². The lowest BCUT2D eigenvalue weighted by Gasteiger charge is -2.18. The fraction of sp³-hybridized carbons (Fsp3) is 0.0323. The number of hydrogen-bond donors (Lipinski definition) is 0. The number of benzene rings is 4. The van der Waals surface area contributed by atoms with Crippen LogP contribution < -0.4 is 11.4 Å². The van der Waals surface area contributed by atoms with E-state index in [-0.39, 0.29) is 0 Å². The van der Waals surface area contributed by atoms with Gasteiger partial charge in [0.1, 0.15) is 22.5 Å². The van der Waals surface area contributed by atoms with Gasteiger partial charge in [0.05, 0.1) is 5.75 Å². The third kappa shape index (κ3) is 5.12. The number of hydrogen-bond acceptors (Lipinski definition) is 5. The minimum absolute atomic E-state index is 0.625. The Hall–Kier alpha value is -4.37. The first-order valence-corrected chi connectivity index (χ1v) is 13.5. The largest absolute Gasteiger partial charge is 1.20 e. The van der Waals surface area contributed by atoms with Crippen LogP contribution in [0.3, 0.4) is 0 Å². The zero-order valence-corrected chi connectivity index (χ0v) is 21.4. The van der Waals surface area contributed by atoms with Crippen molar-refractivity contribution in [1.82, 2.24) is 9.97 Å². The topological polar surface area (TPSA) is 53.5 Å². The second-order valence-electron chi connectivity index (χ2n) is 8.64. The quantitative estimate of drug-likeness (QED) is 0.217. The van der Waals surface area contributed by atoms with Crippen LogP contribution in [0.15, 0.2) is 121 Å². The molecule has 37 heavy (non-hydrogen) atoms. The summed E-state index contributed by atoms with van der Waals surface area (Å²) in [5, 5.41) is 1.98. The second-order valence-corrected chi connectivity index (χ2v) is 9.93. The van der Waals surface area contributed by atoms with Crippen molar-refractivity contribution in [3.05, 3.63) is 127 Å². The summed E-state index contributed by atoms with van der Waals surface area (Å²) in [6.45, 7) is 1.97. The molecule has 0 amide bonds. The predicted octanol–water partition coefficient (Wildman–Crippen LogP) is 7.28. The van der Waals surface area contributed by atoms with Gasteiger partial charge in [-0.3, -0.25) is 4.98 Å². The minimum Gasteiger partial charge on any atom is -0.577 e. The third-order valence-electron chi connectivity index (χ3n) is 6.06. The van der Waals surface area contributed by atoms with Crippen molar-refractivity contribution in [2.75, 3.05) is 0 Å². The summed E-state index contributed by atoms with van der Waals surface area (Å²) in [5.74, 6) is 1.93. The Balaban J connectivity index is 1.34. The highest BCUT2D eigenvalue weighted by Gasteiger charge is 2.45. The summed E-state index contributed by atoms with van der Waals surface area (Å²) < 4.78 is 19.3. The highest BCUT2D eigenvalue weighted by Crippen LogP contribution is 2.29.